The molecule has 1 N–H and O–H groups in total. The van der Waals surface area contributed by atoms with Crippen LogP contribution in [0.5, 0.6) is 0 Å². The van der Waals surface area contributed by atoms with Gasteiger partial charge >= 0.3 is 0 Å². The van der Waals surface area contributed by atoms with E-state index in [2.05, 4.69) is 50.2 Å². The molecule has 0 aliphatic carbocycles. The highest BCUT2D eigenvalue weighted by Crippen LogP contribution is 2.32. The van der Waals surface area contributed by atoms with E-state index in [-0.39, 0.29) is 0 Å². The highest BCUT2D eigenvalue weighted by Gasteiger charge is 2.14. The van der Waals surface area contributed by atoms with Crippen LogP contribution in [-0.4, -0.2) is 5.11 Å². The van der Waals surface area contributed by atoms with Gasteiger partial charge < -0.3 is 5.11 Å². The molecule has 0 aliphatic rings. The van der Waals surface area contributed by atoms with E-state index in [4.69, 9.17) is 0 Å². The van der Waals surface area contributed by atoms with Crippen molar-refractivity contribution in [1.29, 1.82) is 0 Å². The fourth-order valence-electron chi connectivity index (χ4n) is 2.63. The highest BCUT2D eigenvalue weighted by atomic mass is 32.1. The molecule has 3 rings (SSSR count). The second-order valence-corrected chi connectivity index (χ2v) is 6.39. The van der Waals surface area contributed by atoms with Crippen LogP contribution in [0.4, 0.5) is 0 Å². The quantitative estimate of drug-likeness (QED) is 0.732. The van der Waals surface area contributed by atoms with E-state index in [9.17, 15) is 5.11 Å². The van der Waals surface area contributed by atoms with Crippen molar-refractivity contribution in [2.24, 2.45) is 0 Å². The minimum absolute atomic E-state index is 0.424. The summed E-state index contributed by atoms with van der Waals surface area (Å²) in [6.07, 6.45) is 0.262. The van der Waals surface area contributed by atoms with Crippen molar-refractivity contribution >= 4 is 21.4 Å². The Balaban J connectivity index is 1.91. The van der Waals surface area contributed by atoms with Crippen LogP contribution in [-0.2, 0) is 6.42 Å². The van der Waals surface area contributed by atoms with Gasteiger partial charge in [-0.25, -0.2) is 0 Å². The molecule has 1 atom stereocenters. The first kappa shape index (κ1) is 13.3. The summed E-state index contributed by atoms with van der Waals surface area (Å²) in [7, 11) is 0. The molecule has 3 aromatic rings. The Hall–Kier alpha value is -1.64. The number of aliphatic hydroxyl groups excluding tert-OH is 1. The van der Waals surface area contributed by atoms with E-state index in [1.54, 1.807) is 11.3 Å². The van der Waals surface area contributed by atoms with Crippen LogP contribution in [0.3, 0.4) is 0 Å². The zero-order valence-electron chi connectivity index (χ0n) is 11.8. The molecule has 20 heavy (non-hydrogen) atoms. The lowest BCUT2D eigenvalue weighted by atomic mass is 9.97. The normalized spacial score (nSPS) is 12.8. The molecule has 0 fully saturated rings. The van der Waals surface area contributed by atoms with Gasteiger partial charge in [0.15, 0.2) is 0 Å². The van der Waals surface area contributed by atoms with Gasteiger partial charge in [-0.05, 0) is 48.1 Å². The second-order valence-electron chi connectivity index (χ2n) is 5.28. The zero-order chi connectivity index (χ0) is 14.1. The van der Waals surface area contributed by atoms with Crippen LogP contribution in [0, 0.1) is 13.8 Å². The summed E-state index contributed by atoms with van der Waals surface area (Å²) >= 11 is 1.69. The second kappa shape index (κ2) is 5.39. The van der Waals surface area contributed by atoms with Crippen LogP contribution >= 0.6 is 11.3 Å². The van der Waals surface area contributed by atoms with Gasteiger partial charge in [0.2, 0.25) is 0 Å². The molecule has 0 aliphatic heterocycles. The molecule has 1 nitrogen and oxygen atoms in total. The zero-order valence-corrected chi connectivity index (χ0v) is 12.6. The lowest BCUT2D eigenvalue weighted by molar-refractivity contribution is 0.182. The number of rotatable bonds is 3. The van der Waals surface area contributed by atoms with Crippen LogP contribution < -0.4 is 0 Å². The van der Waals surface area contributed by atoms with Crippen molar-refractivity contribution in [2.75, 3.05) is 0 Å². The first-order valence-electron chi connectivity index (χ1n) is 6.87. The fraction of sp³-hybridized carbons (Fsp3) is 0.222. The predicted octanol–water partition coefficient (Wildman–Crippen LogP) is 4.79. The summed E-state index contributed by atoms with van der Waals surface area (Å²) in [5, 5.41) is 11.8. The van der Waals surface area contributed by atoms with Gasteiger partial charge in [-0.2, -0.15) is 0 Å². The van der Waals surface area contributed by atoms with Crippen LogP contribution in [0.1, 0.15) is 27.7 Å². The molecule has 1 aromatic heterocycles. The summed E-state index contributed by atoms with van der Waals surface area (Å²) in [6.45, 7) is 4.22. The van der Waals surface area contributed by atoms with Gasteiger partial charge in [0.1, 0.15) is 0 Å². The Morgan fingerprint density at radius 2 is 1.70 bits per heavy atom. The first-order chi connectivity index (χ1) is 9.65. The first-order valence-corrected chi connectivity index (χ1v) is 7.68. The molecule has 2 aromatic carbocycles. The highest BCUT2D eigenvalue weighted by molar-refractivity contribution is 7.19. The van der Waals surface area contributed by atoms with Crippen molar-refractivity contribution in [3.8, 4) is 0 Å². The summed E-state index contributed by atoms with van der Waals surface area (Å²) in [5.41, 5.74) is 3.77. The van der Waals surface area contributed by atoms with Gasteiger partial charge in [-0.3, -0.25) is 0 Å². The number of hydrogen-bond donors (Lipinski definition) is 1. The summed E-state index contributed by atoms with van der Waals surface area (Å²) in [5.74, 6) is 0. The Bertz CT molecular complexity index is 689. The van der Waals surface area contributed by atoms with Gasteiger partial charge in [-0.1, -0.05) is 36.4 Å². The standard InChI is InChI=1S/C18H18OS/c1-12-6-5-7-13(2)15(12)11-16(19)18-10-14-8-3-4-9-17(14)20-18/h3-10,16,19H,11H2,1-2H3. The molecule has 0 saturated carbocycles. The fourth-order valence-corrected chi connectivity index (χ4v) is 3.68. The van der Waals surface area contributed by atoms with E-state index in [1.807, 2.05) is 12.1 Å². The molecule has 1 unspecified atom stereocenters. The molecule has 0 radical (unpaired) electrons. The number of hydrogen-bond acceptors (Lipinski definition) is 2. The predicted molar refractivity (Wildman–Crippen MR) is 86.4 cm³/mol. The largest absolute Gasteiger partial charge is 0.387 e. The Morgan fingerprint density at radius 3 is 2.40 bits per heavy atom. The minimum atomic E-state index is -0.424. The van der Waals surface area contributed by atoms with Crippen molar-refractivity contribution in [1.82, 2.24) is 0 Å². The minimum Gasteiger partial charge on any atom is -0.387 e. The topological polar surface area (TPSA) is 20.2 Å². The van der Waals surface area contributed by atoms with E-state index in [1.165, 1.54) is 26.8 Å². The summed E-state index contributed by atoms with van der Waals surface area (Å²) in [4.78, 5) is 1.05. The summed E-state index contributed by atoms with van der Waals surface area (Å²) < 4.78 is 1.24. The number of benzene rings is 2. The summed E-state index contributed by atoms with van der Waals surface area (Å²) in [6, 6.07) is 16.7. The van der Waals surface area contributed by atoms with E-state index < -0.39 is 6.10 Å². The van der Waals surface area contributed by atoms with E-state index >= 15 is 0 Å². The number of aliphatic hydroxyl groups is 1. The van der Waals surface area contributed by atoms with Crippen molar-refractivity contribution < 1.29 is 5.11 Å². The Morgan fingerprint density at radius 1 is 1.00 bits per heavy atom. The third kappa shape index (κ3) is 2.49. The maximum Gasteiger partial charge on any atom is 0.0922 e. The van der Waals surface area contributed by atoms with Gasteiger partial charge in [-0.15, -0.1) is 11.3 Å². The maximum absolute atomic E-state index is 10.5. The molecule has 0 bridgehead atoms. The van der Waals surface area contributed by atoms with E-state index in [0.29, 0.717) is 6.42 Å². The molecule has 2 heteroatoms. The molecule has 0 saturated heterocycles. The number of fused-ring (bicyclic) bond motifs is 1. The number of aryl methyl sites for hydroxylation is 2. The molecule has 102 valence electrons. The van der Waals surface area contributed by atoms with Gasteiger partial charge in [0.25, 0.3) is 0 Å². The lowest BCUT2D eigenvalue weighted by Gasteiger charge is -2.13. The van der Waals surface area contributed by atoms with Gasteiger partial charge in [0, 0.05) is 16.0 Å². The monoisotopic (exact) mass is 282 g/mol. The molecular weight excluding hydrogens is 264 g/mol. The van der Waals surface area contributed by atoms with Crippen molar-refractivity contribution in [3.05, 3.63) is 70.1 Å². The Labute approximate surface area is 123 Å². The van der Waals surface area contributed by atoms with Crippen molar-refractivity contribution in [2.45, 2.75) is 26.4 Å². The molecule has 0 spiro atoms. The van der Waals surface area contributed by atoms with Crippen molar-refractivity contribution in [3.63, 3.8) is 0 Å². The van der Waals surface area contributed by atoms with Crippen LogP contribution in [0.2, 0.25) is 0 Å². The molecule has 1 heterocycles. The van der Waals surface area contributed by atoms with E-state index in [0.717, 1.165) is 4.88 Å². The third-order valence-corrected chi connectivity index (χ3v) is 5.03. The lowest BCUT2D eigenvalue weighted by Crippen LogP contribution is -2.03. The average Bonchev–Trinajstić information content (AvgIpc) is 2.87. The average molecular weight is 282 g/mol. The Kier molecular flexibility index (Phi) is 3.60. The van der Waals surface area contributed by atoms with Gasteiger partial charge in [0.05, 0.1) is 6.10 Å². The maximum atomic E-state index is 10.5. The van der Waals surface area contributed by atoms with Crippen LogP contribution in [0.15, 0.2) is 48.5 Å². The third-order valence-electron chi connectivity index (χ3n) is 3.81. The molecule has 0 amide bonds. The SMILES string of the molecule is Cc1cccc(C)c1CC(O)c1cc2ccccc2s1. The smallest absolute Gasteiger partial charge is 0.0922 e. The molecular formula is C18H18OS. The number of thiophene rings is 1. The van der Waals surface area contributed by atoms with Crippen LogP contribution in [0.25, 0.3) is 10.1 Å².